The molecule has 4 aromatic rings. The largest absolute Gasteiger partial charge is 0.497 e. The number of thiazole rings is 1. The van der Waals surface area contributed by atoms with Gasteiger partial charge < -0.3 is 4.74 Å². The molecular formula is C26H25FN4O4S2. The Hall–Kier alpha value is -3.41. The number of fused-ring (bicyclic) bond motifs is 1. The zero-order valence-electron chi connectivity index (χ0n) is 20.1. The molecule has 8 nitrogen and oxygen atoms in total. The maximum atomic E-state index is 13.8. The van der Waals surface area contributed by atoms with Crippen LogP contribution in [-0.4, -0.2) is 48.8 Å². The molecule has 0 atom stereocenters. The van der Waals surface area contributed by atoms with Crippen LogP contribution < -0.4 is 9.64 Å². The fourth-order valence-electron chi connectivity index (χ4n) is 4.36. The summed E-state index contributed by atoms with van der Waals surface area (Å²) in [6, 6.07) is 16.1. The van der Waals surface area contributed by atoms with Crippen molar-refractivity contribution in [2.24, 2.45) is 5.92 Å². The maximum Gasteiger partial charge on any atom is 0.243 e. The van der Waals surface area contributed by atoms with Crippen LogP contribution in [0.15, 0.2) is 71.8 Å². The third-order valence-corrected chi connectivity index (χ3v) is 9.34. The Labute approximate surface area is 218 Å². The SMILES string of the molecule is COc1ccc(S(=O)(=O)N2CCC(C(=O)N(Cc3ccccn3)c3nc4ccc(F)cc4s3)CC2)cc1. The maximum absolute atomic E-state index is 13.8. The molecule has 192 valence electrons. The number of carbonyl (C=O) groups is 1. The molecule has 0 N–H and O–H groups in total. The molecule has 0 spiro atoms. The van der Waals surface area contributed by atoms with Crippen molar-refractivity contribution in [1.82, 2.24) is 14.3 Å². The van der Waals surface area contributed by atoms with E-state index >= 15 is 0 Å². The second-order valence-electron chi connectivity index (χ2n) is 8.71. The molecule has 3 heterocycles. The highest BCUT2D eigenvalue weighted by molar-refractivity contribution is 7.89. The number of pyridine rings is 1. The molecule has 1 aliphatic rings. The quantitative estimate of drug-likeness (QED) is 0.343. The number of piperidine rings is 1. The Bertz CT molecular complexity index is 1500. The molecule has 5 rings (SSSR count). The van der Waals surface area contributed by atoms with Crippen molar-refractivity contribution in [3.63, 3.8) is 0 Å². The number of halogens is 1. The third-order valence-electron chi connectivity index (χ3n) is 6.38. The summed E-state index contributed by atoms with van der Waals surface area (Å²) in [6.07, 6.45) is 2.42. The van der Waals surface area contributed by atoms with E-state index < -0.39 is 10.0 Å². The Kier molecular flexibility index (Phi) is 7.18. The van der Waals surface area contributed by atoms with E-state index in [2.05, 4.69) is 9.97 Å². The lowest BCUT2D eigenvalue weighted by atomic mass is 9.96. The first-order valence-electron chi connectivity index (χ1n) is 11.8. The van der Waals surface area contributed by atoms with E-state index in [0.29, 0.717) is 39.6 Å². The van der Waals surface area contributed by atoms with Crippen molar-refractivity contribution in [3.05, 3.63) is 78.4 Å². The number of hydrogen-bond donors (Lipinski definition) is 0. The smallest absolute Gasteiger partial charge is 0.243 e. The van der Waals surface area contributed by atoms with E-state index in [0.717, 1.165) is 0 Å². The topological polar surface area (TPSA) is 92.7 Å². The average Bonchev–Trinajstić information content (AvgIpc) is 3.35. The number of benzene rings is 2. The summed E-state index contributed by atoms with van der Waals surface area (Å²) >= 11 is 1.25. The number of aromatic nitrogens is 2. The second kappa shape index (κ2) is 10.5. The van der Waals surface area contributed by atoms with Crippen molar-refractivity contribution in [3.8, 4) is 5.75 Å². The van der Waals surface area contributed by atoms with Gasteiger partial charge in [-0.25, -0.2) is 17.8 Å². The third kappa shape index (κ3) is 5.34. The van der Waals surface area contributed by atoms with Crippen LogP contribution in [0.25, 0.3) is 10.2 Å². The van der Waals surface area contributed by atoms with Gasteiger partial charge >= 0.3 is 0 Å². The lowest BCUT2D eigenvalue weighted by Crippen LogP contribution is -2.44. The van der Waals surface area contributed by atoms with Crippen molar-refractivity contribution in [1.29, 1.82) is 0 Å². The summed E-state index contributed by atoms with van der Waals surface area (Å²) in [5.41, 5.74) is 1.31. The van der Waals surface area contributed by atoms with E-state index in [1.54, 1.807) is 35.4 Å². The number of ether oxygens (including phenoxy) is 1. The van der Waals surface area contributed by atoms with Crippen LogP contribution in [0, 0.1) is 11.7 Å². The summed E-state index contributed by atoms with van der Waals surface area (Å²) < 4.78 is 47.2. The summed E-state index contributed by atoms with van der Waals surface area (Å²) in [7, 11) is -2.16. The summed E-state index contributed by atoms with van der Waals surface area (Å²) in [5.74, 6) is -0.314. The molecule has 0 bridgehead atoms. The van der Waals surface area contributed by atoms with E-state index in [1.807, 2.05) is 12.1 Å². The molecule has 1 saturated heterocycles. The number of carbonyl (C=O) groups excluding carboxylic acids is 1. The van der Waals surface area contributed by atoms with E-state index in [-0.39, 0.29) is 42.2 Å². The van der Waals surface area contributed by atoms with Gasteiger partial charge in [-0.3, -0.25) is 14.7 Å². The lowest BCUT2D eigenvalue weighted by Gasteiger charge is -2.33. The van der Waals surface area contributed by atoms with Crippen molar-refractivity contribution in [2.75, 3.05) is 25.1 Å². The number of hydrogen-bond acceptors (Lipinski definition) is 7. The first-order chi connectivity index (χ1) is 17.8. The molecule has 0 unspecified atom stereocenters. The number of amides is 1. The van der Waals surface area contributed by atoms with Crippen LogP contribution in [0.5, 0.6) is 5.75 Å². The molecule has 2 aromatic carbocycles. The first-order valence-corrected chi connectivity index (χ1v) is 14.0. The Morgan fingerprint density at radius 3 is 2.57 bits per heavy atom. The molecule has 11 heteroatoms. The minimum atomic E-state index is -3.68. The van der Waals surface area contributed by atoms with E-state index in [4.69, 9.17) is 4.74 Å². The number of methoxy groups -OCH3 is 1. The van der Waals surface area contributed by atoms with Gasteiger partial charge in [0.1, 0.15) is 11.6 Å². The monoisotopic (exact) mass is 540 g/mol. The Morgan fingerprint density at radius 1 is 1.14 bits per heavy atom. The van der Waals surface area contributed by atoms with Gasteiger partial charge in [-0.1, -0.05) is 17.4 Å². The highest BCUT2D eigenvalue weighted by atomic mass is 32.2. The zero-order chi connectivity index (χ0) is 26.0. The standard InChI is InChI=1S/C26H25FN4O4S2/c1-35-21-6-8-22(9-7-21)37(33,34)30-14-11-18(12-15-30)25(32)31(17-20-4-2-3-13-28-20)26-29-23-10-5-19(27)16-24(23)36-26/h2-10,13,16,18H,11-12,14-15,17H2,1H3. The second-order valence-corrected chi connectivity index (χ2v) is 11.7. The fourth-order valence-corrected chi connectivity index (χ4v) is 6.82. The Morgan fingerprint density at radius 2 is 1.89 bits per heavy atom. The summed E-state index contributed by atoms with van der Waals surface area (Å²) in [5, 5.41) is 0.463. The number of nitrogens with zero attached hydrogens (tertiary/aromatic N) is 4. The average molecular weight is 541 g/mol. The zero-order valence-corrected chi connectivity index (χ0v) is 21.7. The summed E-state index contributed by atoms with van der Waals surface area (Å²) in [6.45, 7) is 0.673. The molecular weight excluding hydrogens is 515 g/mol. The minimum absolute atomic E-state index is 0.147. The van der Waals surface area contributed by atoms with Gasteiger partial charge in [0.2, 0.25) is 15.9 Å². The van der Waals surface area contributed by atoms with Crippen LogP contribution in [0.1, 0.15) is 18.5 Å². The number of rotatable bonds is 7. The highest BCUT2D eigenvalue weighted by Gasteiger charge is 2.35. The first kappa shape index (κ1) is 25.2. The minimum Gasteiger partial charge on any atom is -0.497 e. The van der Waals surface area contributed by atoms with E-state index in [1.165, 1.54) is 47.0 Å². The van der Waals surface area contributed by atoms with Gasteiger partial charge in [0, 0.05) is 25.2 Å². The molecule has 37 heavy (non-hydrogen) atoms. The van der Waals surface area contributed by atoms with Crippen molar-refractivity contribution < 1.29 is 22.3 Å². The molecule has 0 radical (unpaired) electrons. The van der Waals surface area contributed by atoms with Crippen LogP contribution in [0.2, 0.25) is 0 Å². The molecule has 2 aromatic heterocycles. The lowest BCUT2D eigenvalue weighted by molar-refractivity contribution is -0.123. The molecule has 1 amide bonds. The van der Waals surface area contributed by atoms with Crippen LogP contribution in [0.3, 0.4) is 0 Å². The molecule has 1 fully saturated rings. The van der Waals surface area contributed by atoms with Crippen LogP contribution >= 0.6 is 11.3 Å². The molecule has 0 saturated carbocycles. The fraction of sp³-hybridized carbons (Fsp3) is 0.269. The highest BCUT2D eigenvalue weighted by Crippen LogP contribution is 2.33. The van der Waals surface area contributed by atoms with Gasteiger partial charge in [0.25, 0.3) is 0 Å². The Balaban J connectivity index is 1.35. The predicted octanol–water partition coefficient (Wildman–Crippen LogP) is 4.47. The van der Waals surface area contributed by atoms with E-state index in [9.17, 15) is 17.6 Å². The van der Waals surface area contributed by atoms with Gasteiger partial charge in [0.15, 0.2) is 5.13 Å². The predicted molar refractivity (Wildman–Crippen MR) is 139 cm³/mol. The van der Waals surface area contributed by atoms with Gasteiger partial charge in [-0.2, -0.15) is 4.31 Å². The van der Waals surface area contributed by atoms with Crippen LogP contribution in [0.4, 0.5) is 9.52 Å². The van der Waals surface area contributed by atoms with Crippen molar-refractivity contribution in [2.45, 2.75) is 24.3 Å². The van der Waals surface area contributed by atoms with Crippen molar-refractivity contribution >= 4 is 42.6 Å². The van der Waals surface area contributed by atoms with Gasteiger partial charge in [-0.05, 0) is 67.4 Å². The van der Waals surface area contributed by atoms with Gasteiger partial charge in [-0.15, -0.1) is 0 Å². The molecule has 0 aliphatic carbocycles. The number of sulfonamides is 1. The van der Waals surface area contributed by atoms with Gasteiger partial charge in [0.05, 0.1) is 34.5 Å². The number of anilines is 1. The summed E-state index contributed by atoms with van der Waals surface area (Å²) in [4.78, 5) is 24.5. The normalized spacial score (nSPS) is 15.1. The molecule has 1 aliphatic heterocycles. The van der Waals surface area contributed by atoms with Crippen LogP contribution in [-0.2, 0) is 21.4 Å².